The summed E-state index contributed by atoms with van der Waals surface area (Å²) in [5.74, 6) is 0.0790. The van der Waals surface area contributed by atoms with Gasteiger partial charge in [-0.3, -0.25) is 9.59 Å². The number of Topliss-reactive ketones (excluding diaryl/α,β-unsaturated/α-hetero) is 1. The second-order valence-corrected chi connectivity index (χ2v) is 3.41. The van der Waals surface area contributed by atoms with Gasteiger partial charge in [-0.15, -0.1) is 0 Å². The molecule has 0 fully saturated rings. The molecule has 0 saturated heterocycles. The summed E-state index contributed by atoms with van der Waals surface area (Å²) in [4.78, 5) is 22.6. The standard InChI is InChI=1S/C10H11N3O2/c1-8(14)3-5-12-6-7-13-9(10(12)15)2-4-11-13/h2,4,6-7H,3,5H2,1H3. The first-order chi connectivity index (χ1) is 7.18. The van der Waals surface area contributed by atoms with Crippen molar-refractivity contribution in [2.75, 3.05) is 0 Å². The van der Waals surface area contributed by atoms with Gasteiger partial charge < -0.3 is 4.57 Å². The van der Waals surface area contributed by atoms with E-state index >= 15 is 0 Å². The molecule has 5 nitrogen and oxygen atoms in total. The first kappa shape index (κ1) is 9.64. The van der Waals surface area contributed by atoms with Crippen LogP contribution in [-0.2, 0) is 11.3 Å². The molecule has 0 aliphatic rings. The van der Waals surface area contributed by atoms with Crippen LogP contribution < -0.4 is 5.56 Å². The molecule has 2 rings (SSSR count). The molecule has 2 aromatic rings. The molecule has 5 heteroatoms. The molecule has 0 unspecified atom stereocenters. The quantitative estimate of drug-likeness (QED) is 0.732. The summed E-state index contributed by atoms with van der Waals surface area (Å²) in [6.45, 7) is 1.94. The van der Waals surface area contributed by atoms with Crippen molar-refractivity contribution in [3.63, 3.8) is 0 Å². The summed E-state index contributed by atoms with van der Waals surface area (Å²) in [5, 5.41) is 3.95. The minimum atomic E-state index is -0.115. The minimum absolute atomic E-state index is 0.0790. The maximum Gasteiger partial charge on any atom is 0.276 e. The summed E-state index contributed by atoms with van der Waals surface area (Å²) in [7, 11) is 0. The number of hydrogen-bond acceptors (Lipinski definition) is 3. The summed E-state index contributed by atoms with van der Waals surface area (Å²) in [6, 6.07) is 1.66. The molecule has 0 saturated carbocycles. The third kappa shape index (κ3) is 1.81. The van der Waals surface area contributed by atoms with Gasteiger partial charge in [-0.25, -0.2) is 4.52 Å². The van der Waals surface area contributed by atoms with E-state index in [1.54, 1.807) is 24.7 Å². The third-order valence-corrected chi connectivity index (χ3v) is 2.24. The van der Waals surface area contributed by atoms with Crippen molar-refractivity contribution in [3.8, 4) is 0 Å². The van der Waals surface area contributed by atoms with Gasteiger partial charge in [-0.05, 0) is 13.0 Å². The van der Waals surface area contributed by atoms with Crippen molar-refractivity contribution in [2.24, 2.45) is 0 Å². The van der Waals surface area contributed by atoms with Crippen molar-refractivity contribution in [3.05, 3.63) is 35.0 Å². The van der Waals surface area contributed by atoms with E-state index in [9.17, 15) is 9.59 Å². The van der Waals surface area contributed by atoms with Crippen LogP contribution in [0.25, 0.3) is 5.52 Å². The summed E-state index contributed by atoms with van der Waals surface area (Å²) in [6.07, 6.45) is 5.30. The zero-order valence-corrected chi connectivity index (χ0v) is 8.38. The largest absolute Gasteiger partial charge is 0.312 e. The van der Waals surface area contributed by atoms with E-state index < -0.39 is 0 Å². The predicted molar refractivity (Wildman–Crippen MR) is 54.8 cm³/mol. The van der Waals surface area contributed by atoms with Crippen molar-refractivity contribution >= 4 is 11.3 Å². The smallest absolute Gasteiger partial charge is 0.276 e. The molecule has 0 aliphatic heterocycles. The van der Waals surface area contributed by atoms with Gasteiger partial charge >= 0.3 is 0 Å². The lowest BCUT2D eigenvalue weighted by atomic mass is 10.3. The topological polar surface area (TPSA) is 56.4 Å². The Labute approximate surface area is 86.0 Å². The second kappa shape index (κ2) is 3.68. The molecule has 15 heavy (non-hydrogen) atoms. The third-order valence-electron chi connectivity index (χ3n) is 2.24. The monoisotopic (exact) mass is 205 g/mol. The van der Waals surface area contributed by atoms with E-state index in [4.69, 9.17) is 0 Å². The molecule has 78 valence electrons. The predicted octanol–water partition coefficient (Wildman–Crippen LogP) is 0.475. The van der Waals surface area contributed by atoms with Crippen molar-refractivity contribution < 1.29 is 4.79 Å². The van der Waals surface area contributed by atoms with Crippen LogP contribution in [0.2, 0.25) is 0 Å². The van der Waals surface area contributed by atoms with Gasteiger partial charge in [0.1, 0.15) is 11.3 Å². The van der Waals surface area contributed by atoms with Gasteiger partial charge in [0, 0.05) is 25.4 Å². The maximum absolute atomic E-state index is 11.8. The van der Waals surface area contributed by atoms with E-state index in [0.29, 0.717) is 18.5 Å². The van der Waals surface area contributed by atoms with E-state index in [1.165, 1.54) is 16.0 Å². The second-order valence-electron chi connectivity index (χ2n) is 3.41. The van der Waals surface area contributed by atoms with Crippen LogP contribution in [0, 0.1) is 0 Å². The maximum atomic E-state index is 11.8. The lowest BCUT2D eigenvalue weighted by Crippen LogP contribution is -2.22. The number of rotatable bonds is 3. The Morgan fingerprint density at radius 3 is 3.00 bits per heavy atom. The van der Waals surface area contributed by atoms with Gasteiger partial charge in [-0.1, -0.05) is 0 Å². The lowest BCUT2D eigenvalue weighted by Gasteiger charge is -2.03. The van der Waals surface area contributed by atoms with Crippen molar-refractivity contribution in [1.29, 1.82) is 0 Å². The normalized spacial score (nSPS) is 10.7. The van der Waals surface area contributed by atoms with Gasteiger partial charge in [0.25, 0.3) is 5.56 Å². The SMILES string of the molecule is CC(=O)CCn1ccn2nccc2c1=O. The number of nitrogens with zero attached hydrogens (tertiary/aromatic N) is 3. The number of hydrogen-bond donors (Lipinski definition) is 0. The Morgan fingerprint density at radius 2 is 2.27 bits per heavy atom. The first-order valence-electron chi connectivity index (χ1n) is 4.71. The van der Waals surface area contributed by atoms with Crippen molar-refractivity contribution in [2.45, 2.75) is 19.9 Å². The summed E-state index contributed by atoms with van der Waals surface area (Å²) in [5.41, 5.74) is 0.414. The number of aromatic nitrogens is 3. The van der Waals surface area contributed by atoms with Crippen LogP contribution in [0.1, 0.15) is 13.3 Å². The highest BCUT2D eigenvalue weighted by molar-refractivity contribution is 5.75. The molecule has 0 spiro atoms. The Kier molecular flexibility index (Phi) is 2.37. The van der Waals surface area contributed by atoms with E-state index in [0.717, 1.165) is 0 Å². The van der Waals surface area contributed by atoms with Crippen LogP contribution in [0.5, 0.6) is 0 Å². The van der Waals surface area contributed by atoms with Gasteiger partial charge in [0.05, 0.1) is 6.20 Å². The molecule has 0 aliphatic carbocycles. The molecule has 2 heterocycles. The highest BCUT2D eigenvalue weighted by atomic mass is 16.1. The Morgan fingerprint density at radius 1 is 1.47 bits per heavy atom. The molecular formula is C10H11N3O2. The first-order valence-corrected chi connectivity index (χ1v) is 4.71. The van der Waals surface area contributed by atoms with E-state index in [2.05, 4.69) is 5.10 Å². The Hall–Kier alpha value is -1.91. The minimum Gasteiger partial charge on any atom is -0.312 e. The number of aryl methyl sites for hydroxylation is 1. The lowest BCUT2D eigenvalue weighted by molar-refractivity contribution is -0.117. The molecule has 2 aromatic heterocycles. The number of carbonyl (C=O) groups excluding carboxylic acids is 1. The fourth-order valence-electron chi connectivity index (χ4n) is 1.41. The Balaban J connectivity index is 2.40. The number of carbonyl (C=O) groups is 1. The average Bonchev–Trinajstić information content (AvgIpc) is 2.65. The molecule has 0 amide bonds. The highest BCUT2D eigenvalue weighted by Crippen LogP contribution is 1.95. The molecular weight excluding hydrogens is 194 g/mol. The summed E-state index contributed by atoms with van der Waals surface area (Å²) < 4.78 is 3.05. The van der Waals surface area contributed by atoms with Gasteiger partial charge in [0.2, 0.25) is 0 Å². The van der Waals surface area contributed by atoms with Crippen LogP contribution in [-0.4, -0.2) is 20.0 Å². The molecule has 0 aromatic carbocycles. The zero-order chi connectivity index (χ0) is 10.8. The highest BCUT2D eigenvalue weighted by Gasteiger charge is 2.03. The fourth-order valence-corrected chi connectivity index (χ4v) is 1.41. The van der Waals surface area contributed by atoms with Crippen molar-refractivity contribution in [1.82, 2.24) is 14.2 Å². The molecule has 0 radical (unpaired) electrons. The van der Waals surface area contributed by atoms with Crippen LogP contribution >= 0.6 is 0 Å². The van der Waals surface area contributed by atoms with Gasteiger partial charge in [-0.2, -0.15) is 5.10 Å². The fraction of sp³-hybridized carbons (Fsp3) is 0.300. The molecule has 0 bridgehead atoms. The Bertz CT molecular complexity index is 553. The van der Waals surface area contributed by atoms with Crippen LogP contribution in [0.4, 0.5) is 0 Å². The van der Waals surface area contributed by atoms with Crippen LogP contribution in [0.3, 0.4) is 0 Å². The number of fused-ring (bicyclic) bond motifs is 1. The van der Waals surface area contributed by atoms with E-state index in [1.807, 2.05) is 0 Å². The van der Waals surface area contributed by atoms with E-state index in [-0.39, 0.29) is 11.3 Å². The van der Waals surface area contributed by atoms with Crippen LogP contribution in [0.15, 0.2) is 29.5 Å². The number of ketones is 1. The summed E-state index contributed by atoms with van der Waals surface area (Å²) >= 11 is 0. The average molecular weight is 205 g/mol. The zero-order valence-electron chi connectivity index (χ0n) is 8.38. The molecule has 0 atom stereocenters. The van der Waals surface area contributed by atoms with Gasteiger partial charge in [0.15, 0.2) is 0 Å². The molecule has 0 N–H and O–H groups in total.